The summed E-state index contributed by atoms with van der Waals surface area (Å²) in [5.41, 5.74) is 0.355. The number of carbonyl (C=O) groups is 1. The number of rotatable bonds is 7. The molecule has 0 aromatic heterocycles. The van der Waals surface area contributed by atoms with Crippen LogP contribution in [-0.4, -0.2) is 39.2 Å². The second kappa shape index (κ2) is 6.85. The van der Waals surface area contributed by atoms with E-state index < -0.39 is 10.0 Å². The van der Waals surface area contributed by atoms with Gasteiger partial charge in [0, 0.05) is 19.2 Å². The Balaban J connectivity index is 3.27. The minimum Gasteiger partial charge on any atom is -0.495 e. The molecule has 1 aromatic carbocycles. The van der Waals surface area contributed by atoms with E-state index in [0.29, 0.717) is 12.1 Å². The monoisotopic (exact) mass is 299 g/mol. The molecule has 0 aliphatic rings. The molecule has 0 heterocycles. The number of sulfonamides is 1. The summed E-state index contributed by atoms with van der Waals surface area (Å²) in [6, 6.07) is 4.45. The van der Waals surface area contributed by atoms with Crippen molar-refractivity contribution >= 4 is 15.8 Å². The van der Waals surface area contributed by atoms with Crippen LogP contribution < -0.4 is 4.74 Å². The van der Waals surface area contributed by atoms with E-state index in [1.807, 2.05) is 6.92 Å². The van der Waals surface area contributed by atoms with E-state index in [0.717, 1.165) is 12.8 Å². The van der Waals surface area contributed by atoms with Gasteiger partial charge in [-0.25, -0.2) is 12.7 Å². The minimum absolute atomic E-state index is 0.0336. The van der Waals surface area contributed by atoms with Gasteiger partial charge in [0.25, 0.3) is 0 Å². The van der Waals surface area contributed by atoms with Crippen molar-refractivity contribution in [3.05, 3.63) is 23.8 Å². The van der Waals surface area contributed by atoms with Crippen LogP contribution in [0.4, 0.5) is 0 Å². The summed E-state index contributed by atoms with van der Waals surface area (Å²) >= 11 is 0. The Kier molecular flexibility index (Phi) is 5.71. The maximum absolute atomic E-state index is 12.5. The third-order valence-electron chi connectivity index (χ3n) is 3.08. The molecule has 0 saturated carbocycles. The van der Waals surface area contributed by atoms with Crippen molar-refractivity contribution in [1.82, 2.24) is 4.31 Å². The third kappa shape index (κ3) is 3.58. The maximum atomic E-state index is 12.5. The maximum Gasteiger partial charge on any atom is 0.246 e. The van der Waals surface area contributed by atoms with Crippen LogP contribution in [0.2, 0.25) is 0 Å². The van der Waals surface area contributed by atoms with Gasteiger partial charge in [0.1, 0.15) is 10.6 Å². The van der Waals surface area contributed by atoms with Crippen LogP contribution in [0, 0.1) is 0 Å². The van der Waals surface area contributed by atoms with Gasteiger partial charge in [0.15, 0.2) is 5.78 Å². The molecule has 0 saturated heterocycles. The van der Waals surface area contributed by atoms with Crippen LogP contribution >= 0.6 is 0 Å². The quantitative estimate of drug-likeness (QED) is 0.725. The van der Waals surface area contributed by atoms with Crippen LogP contribution in [0.5, 0.6) is 5.75 Å². The molecular weight excluding hydrogens is 278 g/mol. The summed E-state index contributed by atoms with van der Waals surface area (Å²) in [7, 11) is -0.711. The number of methoxy groups -OCH3 is 1. The Morgan fingerprint density at radius 3 is 2.50 bits per heavy atom. The molecule has 0 spiro atoms. The van der Waals surface area contributed by atoms with Crippen LogP contribution in [0.1, 0.15) is 37.0 Å². The zero-order chi connectivity index (χ0) is 15.3. The molecule has 0 amide bonds. The molecule has 0 atom stereocenters. The zero-order valence-corrected chi connectivity index (χ0v) is 13.2. The first-order chi connectivity index (χ1) is 9.34. The van der Waals surface area contributed by atoms with Crippen molar-refractivity contribution < 1.29 is 17.9 Å². The minimum atomic E-state index is -3.65. The molecule has 20 heavy (non-hydrogen) atoms. The molecule has 112 valence electrons. The van der Waals surface area contributed by atoms with E-state index in [-0.39, 0.29) is 16.4 Å². The molecule has 5 nitrogen and oxygen atoms in total. The van der Waals surface area contributed by atoms with Gasteiger partial charge in [0.05, 0.1) is 7.11 Å². The van der Waals surface area contributed by atoms with Crippen molar-refractivity contribution in [3.8, 4) is 5.75 Å². The lowest BCUT2D eigenvalue weighted by Gasteiger charge is -2.19. The summed E-state index contributed by atoms with van der Waals surface area (Å²) < 4.78 is 31.4. The lowest BCUT2D eigenvalue weighted by Crippen LogP contribution is -2.28. The van der Waals surface area contributed by atoms with Gasteiger partial charge < -0.3 is 4.74 Å². The highest BCUT2D eigenvalue weighted by molar-refractivity contribution is 7.89. The first kappa shape index (κ1) is 16.7. The Labute approximate surface area is 120 Å². The fourth-order valence-corrected chi connectivity index (χ4v) is 3.15. The van der Waals surface area contributed by atoms with E-state index in [2.05, 4.69) is 0 Å². The van der Waals surface area contributed by atoms with Gasteiger partial charge in [-0.15, -0.1) is 0 Å². The number of carbonyl (C=O) groups excluding carboxylic acids is 1. The first-order valence-electron chi connectivity index (χ1n) is 6.50. The highest BCUT2D eigenvalue weighted by Crippen LogP contribution is 2.27. The second-order valence-corrected chi connectivity index (χ2v) is 6.62. The Hall–Kier alpha value is -1.40. The van der Waals surface area contributed by atoms with Crippen LogP contribution in [0.25, 0.3) is 0 Å². The molecule has 6 heteroatoms. The smallest absolute Gasteiger partial charge is 0.246 e. The summed E-state index contributed by atoms with van der Waals surface area (Å²) in [4.78, 5) is 11.5. The average Bonchev–Trinajstić information content (AvgIpc) is 2.43. The fraction of sp³-hybridized carbons (Fsp3) is 0.500. The van der Waals surface area contributed by atoms with Crippen LogP contribution in [0.15, 0.2) is 23.1 Å². The summed E-state index contributed by atoms with van der Waals surface area (Å²) in [6.45, 7) is 3.84. The number of hydrogen-bond acceptors (Lipinski definition) is 4. The predicted octanol–water partition coefficient (Wildman–Crippen LogP) is 2.32. The summed E-state index contributed by atoms with van der Waals surface area (Å²) in [5, 5.41) is 0. The highest BCUT2D eigenvalue weighted by Gasteiger charge is 2.25. The Morgan fingerprint density at radius 2 is 2.00 bits per heavy atom. The molecule has 0 unspecified atom stereocenters. The van der Waals surface area contributed by atoms with Gasteiger partial charge in [-0.1, -0.05) is 13.3 Å². The van der Waals surface area contributed by atoms with Gasteiger partial charge in [-0.2, -0.15) is 0 Å². The van der Waals surface area contributed by atoms with Crippen molar-refractivity contribution in [2.24, 2.45) is 0 Å². The van der Waals surface area contributed by atoms with E-state index in [4.69, 9.17) is 4.74 Å². The Bertz CT molecular complexity index is 581. The molecule has 0 aliphatic carbocycles. The molecule has 0 radical (unpaired) electrons. The Morgan fingerprint density at radius 1 is 1.35 bits per heavy atom. The van der Waals surface area contributed by atoms with Crippen LogP contribution in [-0.2, 0) is 10.0 Å². The van der Waals surface area contributed by atoms with E-state index in [9.17, 15) is 13.2 Å². The number of ketones is 1. The zero-order valence-electron chi connectivity index (χ0n) is 12.3. The van der Waals surface area contributed by atoms with E-state index in [1.54, 1.807) is 6.07 Å². The number of Topliss-reactive ketones (excluding diaryl/α,β-unsaturated/α-hetero) is 1. The van der Waals surface area contributed by atoms with Crippen molar-refractivity contribution in [1.29, 1.82) is 0 Å². The molecule has 1 rings (SSSR count). The number of benzene rings is 1. The molecule has 0 bridgehead atoms. The predicted molar refractivity (Wildman–Crippen MR) is 77.7 cm³/mol. The van der Waals surface area contributed by atoms with E-state index in [1.165, 1.54) is 37.5 Å². The van der Waals surface area contributed by atoms with Crippen LogP contribution in [0.3, 0.4) is 0 Å². The van der Waals surface area contributed by atoms with Crippen molar-refractivity contribution in [2.75, 3.05) is 20.7 Å². The summed E-state index contributed by atoms with van der Waals surface area (Å²) in [5.74, 6) is 0.0682. The number of ether oxygens (including phenoxy) is 1. The standard InChI is InChI=1S/C14H21NO4S/c1-5-6-9-15(3)20(17,18)14-10-12(11(2)16)7-8-13(14)19-4/h7-8,10H,5-6,9H2,1-4H3. The van der Waals surface area contributed by atoms with Gasteiger partial charge in [-0.05, 0) is 31.5 Å². The first-order valence-corrected chi connectivity index (χ1v) is 7.94. The SMILES string of the molecule is CCCCN(C)S(=O)(=O)c1cc(C(C)=O)ccc1OC. The molecule has 1 aromatic rings. The molecule has 0 aliphatic heterocycles. The van der Waals surface area contributed by atoms with Gasteiger partial charge >= 0.3 is 0 Å². The van der Waals surface area contributed by atoms with E-state index >= 15 is 0 Å². The molecule has 0 N–H and O–H groups in total. The highest BCUT2D eigenvalue weighted by atomic mass is 32.2. The number of unbranched alkanes of at least 4 members (excludes halogenated alkanes) is 1. The topological polar surface area (TPSA) is 63.7 Å². The van der Waals surface area contributed by atoms with Crippen molar-refractivity contribution in [3.63, 3.8) is 0 Å². The average molecular weight is 299 g/mol. The number of nitrogens with zero attached hydrogens (tertiary/aromatic N) is 1. The number of hydrogen-bond donors (Lipinski definition) is 0. The summed E-state index contributed by atoms with van der Waals surface area (Å²) in [6.07, 6.45) is 1.69. The van der Waals surface area contributed by atoms with Gasteiger partial charge in [-0.3, -0.25) is 4.79 Å². The van der Waals surface area contributed by atoms with Crippen molar-refractivity contribution in [2.45, 2.75) is 31.6 Å². The lowest BCUT2D eigenvalue weighted by atomic mass is 10.1. The lowest BCUT2D eigenvalue weighted by molar-refractivity contribution is 0.101. The van der Waals surface area contributed by atoms with Gasteiger partial charge in [0.2, 0.25) is 10.0 Å². The normalized spacial score (nSPS) is 11.7. The largest absolute Gasteiger partial charge is 0.495 e. The fourth-order valence-electron chi connectivity index (χ4n) is 1.77. The third-order valence-corrected chi connectivity index (χ3v) is 4.96. The molecule has 0 fully saturated rings. The second-order valence-electron chi connectivity index (χ2n) is 4.60. The molecular formula is C14H21NO4S.